The molecule has 0 saturated carbocycles. The van der Waals surface area contributed by atoms with Crippen LogP contribution in [0.1, 0.15) is 32.1 Å². The zero-order valence-electron chi connectivity index (χ0n) is 10.9. The first-order chi connectivity index (χ1) is 8.72. The highest BCUT2D eigenvalue weighted by Gasteiger charge is 2.13. The lowest BCUT2D eigenvalue weighted by Crippen LogP contribution is -2.45. The van der Waals surface area contributed by atoms with Gasteiger partial charge in [-0.05, 0) is 25.9 Å². The molecule has 1 saturated heterocycles. The summed E-state index contributed by atoms with van der Waals surface area (Å²) in [6.07, 6.45) is 7.61. The van der Waals surface area contributed by atoms with E-state index in [1.807, 2.05) is 0 Å². The van der Waals surface area contributed by atoms with Crippen LogP contribution in [0, 0.1) is 0 Å². The molecule has 0 unspecified atom stereocenters. The number of rotatable bonds is 4. The van der Waals surface area contributed by atoms with Crippen molar-refractivity contribution < 1.29 is 9.59 Å². The number of carbonyl (C=O) groups excluding carboxylic acids is 2. The summed E-state index contributed by atoms with van der Waals surface area (Å²) in [6, 6.07) is -0.452. The molecule has 1 rings (SSSR count). The van der Waals surface area contributed by atoms with Crippen LogP contribution in [0.15, 0.2) is 12.7 Å². The van der Waals surface area contributed by atoms with E-state index in [-0.39, 0.29) is 5.91 Å². The molecule has 1 aliphatic heterocycles. The molecule has 0 spiro atoms. The molecule has 0 atom stereocenters. The first-order valence-electron chi connectivity index (χ1n) is 6.63. The number of likely N-dealkylation sites (tertiary alicyclic amines) is 1. The third-order valence-corrected chi connectivity index (χ3v) is 2.98. The van der Waals surface area contributed by atoms with E-state index in [1.54, 1.807) is 6.08 Å². The van der Waals surface area contributed by atoms with Gasteiger partial charge in [-0.15, -0.1) is 6.58 Å². The predicted molar refractivity (Wildman–Crippen MR) is 71.3 cm³/mol. The summed E-state index contributed by atoms with van der Waals surface area (Å²) in [5, 5.41) is 4.84. The Morgan fingerprint density at radius 2 is 1.72 bits per heavy atom. The standard InChI is InChI=1S/C13H23N3O2/c1-2-8-14-13(18)15-12(17)11-16-9-6-4-3-5-7-10-16/h2H,1,3-11H2,(H2,14,15,17,18). The molecule has 102 valence electrons. The van der Waals surface area contributed by atoms with E-state index in [4.69, 9.17) is 0 Å². The molecule has 0 aromatic rings. The maximum Gasteiger partial charge on any atom is 0.321 e. The molecule has 18 heavy (non-hydrogen) atoms. The van der Waals surface area contributed by atoms with Crippen LogP contribution < -0.4 is 10.6 Å². The van der Waals surface area contributed by atoms with E-state index in [0.29, 0.717) is 13.1 Å². The number of nitrogens with zero attached hydrogens (tertiary/aromatic N) is 1. The molecule has 5 nitrogen and oxygen atoms in total. The molecular formula is C13H23N3O2. The van der Waals surface area contributed by atoms with Gasteiger partial charge in [0.1, 0.15) is 0 Å². The number of carbonyl (C=O) groups is 2. The van der Waals surface area contributed by atoms with Crippen molar-refractivity contribution >= 4 is 11.9 Å². The zero-order valence-corrected chi connectivity index (χ0v) is 10.9. The van der Waals surface area contributed by atoms with Gasteiger partial charge in [-0.2, -0.15) is 0 Å². The van der Waals surface area contributed by atoms with E-state index < -0.39 is 6.03 Å². The SMILES string of the molecule is C=CCNC(=O)NC(=O)CN1CCCCCCC1. The van der Waals surface area contributed by atoms with Crippen molar-refractivity contribution in [2.75, 3.05) is 26.2 Å². The predicted octanol–water partition coefficient (Wildman–Crippen LogP) is 1.26. The number of urea groups is 1. The van der Waals surface area contributed by atoms with Gasteiger partial charge in [0, 0.05) is 6.54 Å². The summed E-state index contributed by atoms with van der Waals surface area (Å²) in [5.41, 5.74) is 0. The van der Waals surface area contributed by atoms with Crippen LogP contribution >= 0.6 is 0 Å². The number of nitrogens with one attached hydrogen (secondary N) is 2. The van der Waals surface area contributed by atoms with E-state index >= 15 is 0 Å². The first-order valence-corrected chi connectivity index (χ1v) is 6.63. The molecule has 1 heterocycles. The van der Waals surface area contributed by atoms with Gasteiger partial charge >= 0.3 is 6.03 Å². The molecule has 0 aromatic heterocycles. The highest BCUT2D eigenvalue weighted by atomic mass is 16.2. The second-order valence-electron chi connectivity index (χ2n) is 4.59. The second kappa shape index (κ2) is 8.69. The molecule has 0 aliphatic carbocycles. The average Bonchev–Trinajstić information content (AvgIpc) is 2.29. The van der Waals surface area contributed by atoms with Crippen LogP contribution in [0.3, 0.4) is 0 Å². The molecule has 0 radical (unpaired) electrons. The van der Waals surface area contributed by atoms with Crippen LogP contribution in [0.2, 0.25) is 0 Å². The Kier molecular flexibility index (Phi) is 7.10. The summed E-state index contributed by atoms with van der Waals surface area (Å²) in [7, 11) is 0. The number of hydrogen-bond acceptors (Lipinski definition) is 3. The number of hydrogen-bond donors (Lipinski definition) is 2. The smallest absolute Gasteiger partial charge is 0.321 e. The van der Waals surface area contributed by atoms with Gasteiger partial charge in [-0.25, -0.2) is 4.79 Å². The van der Waals surface area contributed by atoms with Gasteiger partial charge in [0.15, 0.2) is 0 Å². The number of amides is 3. The minimum absolute atomic E-state index is 0.239. The number of imide groups is 1. The van der Waals surface area contributed by atoms with Gasteiger partial charge in [0.2, 0.25) is 5.91 Å². The monoisotopic (exact) mass is 253 g/mol. The molecule has 1 aliphatic rings. The highest BCUT2D eigenvalue weighted by Crippen LogP contribution is 2.09. The summed E-state index contributed by atoms with van der Waals surface area (Å²) in [6.45, 7) is 6.05. The maximum atomic E-state index is 11.6. The summed E-state index contributed by atoms with van der Waals surface area (Å²) >= 11 is 0. The summed E-state index contributed by atoms with van der Waals surface area (Å²) in [5.74, 6) is -0.239. The van der Waals surface area contributed by atoms with Crippen molar-refractivity contribution in [3.8, 4) is 0 Å². The van der Waals surface area contributed by atoms with E-state index in [1.165, 1.54) is 19.3 Å². The lowest BCUT2D eigenvalue weighted by molar-refractivity contribution is -0.121. The molecule has 1 fully saturated rings. The van der Waals surface area contributed by atoms with Crippen LogP contribution in [-0.2, 0) is 4.79 Å². The van der Waals surface area contributed by atoms with E-state index in [9.17, 15) is 9.59 Å². The lowest BCUT2D eigenvalue weighted by atomic mass is 10.1. The molecular weight excluding hydrogens is 230 g/mol. The van der Waals surface area contributed by atoms with Crippen LogP contribution in [-0.4, -0.2) is 43.0 Å². The van der Waals surface area contributed by atoms with Gasteiger partial charge in [0.05, 0.1) is 6.54 Å². The van der Waals surface area contributed by atoms with Crippen molar-refractivity contribution in [3.05, 3.63) is 12.7 Å². The largest absolute Gasteiger partial charge is 0.334 e. The Balaban J connectivity index is 2.24. The third kappa shape index (κ3) is 6.39. The maximum absolute atomic E-state index is 11.6. The van der Waals surface area contributed by atoms with Crippen LogP contribution in [0.4, 0.5) is 4.79 Å². The van der Waals surface area contributed by atoms with E-state index in [2.05, 4.69) is 22.1 Å². The van der Waals surface area contributed by atoms with Crippen molar-refractivity contribution in [2.24, 2.45) is 0 Å². The topological polar surface area (TPSA) is 61.4 Å². The van der Waals surface area contributed by atoms with Crippen LogP contribution in [0.25, 0.3) is 0 Å². The Hall–Kier alpha value is -1.36. The van der Waals surface area contributed by atoms with E-state index in [0.717, 1.165) is 25.9 Å². The van der Waals surface area contributed by atoms with Crippen LogP contribution in [0.5, 0.6) is 0 Å². The van der Waals surface area contributed by atoms with Gasteiger partial charge < -0.3 is 5.32 Å². The molecule has 3 amide bonds. The minimum Gasteiger partial charge on any atom is -0.334 e. The summed E-state index contributed by atoms with van der Waals surface area (Å²) < 4.78 is 0. The lowest BCUT2D eigenvalue weighted by Gasteiger charge is -2.23. The quantitative estimate of drug-likeness (QED) is 0.742. The Morgan fingerprint density at radius 3 is 2.33 bits per heavy atom. The van der Waals surface area contributed by atoms with Crippen molar-refractivity contribution in [3.63, 3.8) is 0 Å². The molecule has 5 heteroatoms. The van der Waals surface area contributed by atoms with Gasteiger partial charge in [-0.3, -0.25) is 15.0 Å². The van der Waals surface area contributed by atoms with Gasteiger partial charge in [-0.1, -0.05) is 25.3 Å². The fourth-order valence-corrected chi connectivity index (χ4v) is 2.05. The minimum atomic E-state index is -0.452. The Labute approximate surface area is 109 Å². The zero-order chi connectivity index (χ0) is 13.2. The van der Waals surface area contributed by atoms with Crippen molar-refractivity contribution in [2.45, 2.75) is 32.1 Å². The molecule has 0 bridgehead atoms. The third-order valence-electron chi connectivity index (χ3n) is 2.98. The second-order valence-corrected chi connectivity index (χ2v) is 4.59. The highest BCUT2D eigenvalue weighted by molar-refractivity contribution is 5.95. The van der Waals surface area contributed by atoms with Crippen molar-refractivity contribution in [1.82, 2.24) is 15.5 Å². The van der Waals surface area contributed by atoms with Crippen molar-refractivity contribution in [1.29, 1.82) is 0 Å². The molecule has 2 N–H and O–H groups in total. The average molecular weight is 253 g/mol. The van der Waals surface area contributed by atoms with Gasteiger partial charge in [0.25, 0.3) is 0 Å². The summed E-state index contributed by atoms with van der Waals surface area (Å²) in [4.78, 5) is 25.0. The fraction of sp³-hybridized carbons (Fsp3) is 0.692. The Morgan fingerprint density at radius 1 is 1.11 bits per heavy atom. The normalized spacial score (nSPS) is 17.3. The molecule has 0 aromatic carbocycles. The Bertz CT molecular complexity index is 284. The first kappa shape index (κ1) is 14.7. The fourth-order valence-electron chi connectivity index (χ4n) is 2.05.